The molecule has 1 aliphatic rings. The van der Waals surface area contributed by atoms with Gasteiger partial charge >= 0.3 is 0 Å². The van der Waals surface area contributed by atoms with E-state index in [0.29, 0.717) is 6.54 Å². The number of nitrogens with one attached hydrogen (secondary N) is 2. The molecule has 0 saturated carbocycles. The standard InChI is InChI=1S/C21H33N7/c1-3-23-21(24-9-4-11-27-12-7-18(2)8-13-27)26-16-19-5-6-20(25-15-19)28-14-10-22-17-28/h5-6,10,14-15,17-18H,3-4,7-9,11-13,16H2,1-2H3,(H2,23,24,26). The number of nitrogens with zero attached hydrogens (tertiary/aromatic N) is 5. The first kappa shape index (κ1) is 20.3. The van der Waals surface area contributed by atoms with Crippen LogP contribution in [0.2, 0.25) is 0 Å². The maximum absolute atomic E-state index is 4.69. The van der Waals surface area contributed by atoms with E-state index in [9.17, 15) is 0 Å². The van der Waals surface area contributed by atoms with Crippen molar-refractivity contribution in [3.05, 3.63) is 42.6 Å². The van der Waals surface area contributed by atoms with E-state index < -0.39 is 0 Å². The van der Waals surface area contributed by atoms with Gasteiger partial charge in [-0.1, -0.05) is 13.0 Å². The molecular weight excluding hydrogens is 350 g/mol. The van der Waals surface area contributed by atoms with Gasteiger partial charge in [0.1, 0.15) is 12.1 Å². The fourth-order valence-electron chi connectivity index (χ4n) is 3.36. The van der Waals surface area contributed by atoms with E-state index >= 15 is 0 Å². The first-order valence-electron chi connectivity index (χ1n) is 10.4. The topological polar surface area (TPSA) is 70.4 Å². The van der Waals surface area contributed by atoms with Crippen LogP contribution in [0.15, 0.2) is 42.0 Å². The molecule has 3 rings (SSSR count). The first-order chi connectivity index (χ1) is 13.7. The molecule has 2 aromatic rings. The Bertz CT molecular complexity index is 701. The molecule has 0 unspecified atom stereocenters. The van der Waals surface area contributed by atoms with Gasteiger partial charge in [-0.05, 0) is 63.4 Å². The Morgan fingerprint density at radius 2 is 2.11 bits per heavy atom. The highest BCUT2D eigenvalue weighted by molar-refractivity contribution is 5.79. The fourth-order valence-corrected chi connectivity index (χ4v) is 3.36. The molecule has 1 saturated heterocycles. The molecule has 0 amide bonds. The highest BCUT2D eigenvalue weighted by Crippen LogP contribution is 2.15. The van der Waals surface area contributed by atoms with E-state index in [-0.39, 0.29) is 0 Å². The molecule has 0 atom stereocenters. The zero-order valence-electron chi connectivity index (χ0n) is 17.1. The summed E-state index contributed by atoms with van der Waals surface area (Å²) in [6, 6.07) is 4.05. The van der Waals surface area contributed by atoms with Crippen LogP contribution in [-0.4, -0.2) is 58.1 Å². The van der Waals surface area contributed by atoms with Crippen LogP contribution < -0.4 is 10.6 Å². The van der Waals surface area contributed by atoms with E-state index in [4.69, 9.17) is 4.99 Å². The third kappa shape index (κ3) is 6.34. The highest BCUT2D eigenvalue weighted by Gasteiger charge is 2.14. The van der Waals surface area contributed by atoms with Crippen LogP contribution in [0.25, 0.3) is 5.82 Å². The van der Waals surface area contributed by atoms with Crippen molar-refractivity contribution < 1.29 is 0 Å². The summed E-state index contributed by atoms with van der Waals surface area (Å²) in [4.78, 5) is 15.8. The SMILES string of the molecule is CCNC(=NCc1ccc(-n2ccnc2)nc1)NCCCN1CCC(C)CC1. The van der Waals surface area contributed by atoms with Gasteiger partial charge in [-0.15, -0.1) is 0 Å². The fraction of sp³-hybridized carbons (Fsp3) is 0.571. The number of hydrogen-bond donors (Lipinski definition) is 2. The molecule has 0 spiro atoms. The van der Waals surface area contributed by atoms with Crippen LogP contribution in [0.4, 0.5) is 0 Å². The van der Waals surface area contributed by atoms with Crippen molar-refractivity contribution in [2.75, 3.05) is 32.7 Å². The van der Waals surface area contributed by atoms with Crippen LogP contribution in [0.3, 0.4) is 0 Å². The zero-order chi connectivity index (χ0) is 19.6. The molecule has 0 aliphatic carbocycles. The molecule has 0 radical (unpaired) electrons. The number of aliphatic imine (C=N–C) groups is 1. The predicted octanol–water partition coefficient (Wildman–Crippen LogP) is 2.44. The lowest BCUT2D eigenvalue weighted by Gasteiger charge is -2.30. The number of guanidine groups is 1. The van der Waals surface area contributed by atoms with Crippen molar-refractivity contribution in [3.8, 4) is 5.82 Å². The summed E-state index contributed by atoms with van der Waals surface area (Å²) in [6.45, 7) is 10.5. The van der Waals surface area contributed by atoms with Crippen molar-refractivity contribution >= 4 is 5.96 Å². The number of aromatic nitrogens is 3. The summed E-state index contributed by atoms with van der Waals surface area (Å²) in [5.41, 5.74) is 1.09. The smallest absolute Gasteiger partial charge is 0.191 e. The van der Waals surface area contributed by atoms with Gasteiger partial charge in [-0.2, -0.15) is 0 Å². The molecule has 0 aromatic carbocycles. The van der Waals surface area contributed by atoms with Crippen LogP contribution in [0.5, 0.6) is 0 Å². The molecule has 1 aliphatic heterocycles. The van der Waals surface area contributed by atoms with Crippen LogP contribution >= 0.6 is 0 Å². The average Bonchev–Trinajstić information content (AvgIpc) is 3.26. The lowest BCUT2D eigenvalue weighted by atomic mass is 9.99. The van der Waals surface area contributed by atoms with Gasteiger partial charge in [0.15, 0.2) is 5.96 Å². The minimum atomic E-state index is 0.608. The third-order valence-corrected chi connectivity index (χ3v) is 5.16. The Balaban J connectivity index is 1.43. The molecule has 152 valence electrons. The molecule has 1 fully saturated rings. The maximum Gasteiger partial charge on any atom is 0.191 e. The maximum atomic E-state index is 4.69. The lowest BCUT2D eigenvalue weighted by Crippen LogP contribution is -2.39. The third-order valence-electron chi connectivity index (χ3n) is 5.16. The second-order valence-corrected chi connectivity index (χ2v) is 7.49. The van der Waals surface area contributed by atoms with Gasteiger partial charge in [-0.3, -0.25) is 4.57 Å². The van der Waals surface area contributed by atoms with Crippen LogP contribution in [-0.2, 0) is 6.54 Å². The van der Waals surface area contributed by atoms with Gasteiger partial charge < -0.3 is 15.5 Å². The minimum Gasteiger partial charge on any atom is -0.357 e. The zero-order valence-corrected chi connectivity index (χ0v) is 17.1. The number of rotatable bonds is 8. The monoisotopic (exact) mass is 383 g/mol. The number of piperidine rings is 1. The molecule has 3 heterocycles. The Hall–Kier alpha value is -2.41. The minimum absolute atomic E-state index is 0.608. The summed E-state index contributed by atoms with van der Waals surface area (Å²) in [5, 5.41) is 6.78. The van der Waals surface area contributed by atoms with Crippen molar-refractivity contribution in [2.24, 2.45) is 10.9 Å². The summed E-state index contributed by atoms with van der Waals surface area (Å²) in [5.74, 6) is 2.63. The molecule has 28 heavy (non-hydrogen) atoms. The second kappa shape index (κ2) is 10.8. The predicted molar refractivity (Wildman–Crippen MR) is 114 cm³/mol. The Morgan fingerprint density at radius 1 is 1.25 bits per heavy atom. The van der Waals surface area contributed by atoms with Crippen LogP contribution in [0.1, 0.15) is 38.7 Å². The van der Waals surface area contributed by atoms with E-state index in [2.05, 4.69) is 45.4 Å². The lowest BCUT2D eigenvalue weighted by molar-refractivity contribution is 0.191. The summed E-state index contributed by atoms with van der Waals surface area (Å²) in [7, 11) is 0. The Morgan fingerprint density at radius 3 is 2.79 bits per heavy atom. The van der Waals surface area contributed by atoms with Crippen LogP contribution in [0, 0.1) is 5.92 Å². The van der Waals surface area contributed by atoms with Gasteiger partial charge in [0.25, 0.3) is 0 Å². The Kier molecular flexibility index (Phi) is 7.84. The molecule has 0 bridgehead atoms. The van der Waals surface area contributed by atoms with E-state index in [1.165, 1.54) is 32.5 Å². The second-order valence-electron chi connectivity index (χ2n) is 7.49. The number of hydrogen-bond acceptors (Lipinski definition) is 4. The quantitative estimate of drug-likeness (QED) is 0.416. The van der Waals surface area contributed by atoms with Crippen molar-refractivity contribution in [2.45, 2.75) is 39.7 Å². The summed E-state index contributed by atoms with van der Waals surface area (Å²) < 4.78 is 1.89. The average molecular weight is 384 g/mol. The van der Waals surface area contributed by atoms with Gasteiger partial charge in [0.05, 0.1) is 6.54 Å². The first-order valence-corrected chi connectivity index (χ1v) is 10.4. The molecule has 7 heteroatoms. The van der Waals surface area contributed by atoms with E-state index in [0.717, 1.165) is 42.8 Å². The number of imidazole rings is 1. The molecule has 2 aromatic heterocycles. The van der Waals surface area contributed by atoms with Crippen molar-refractivity contribution in [3.63, 3.8) is 0 Å². The molecule has 7 nitrogen and oxygen atoms in total. The number of pyridine rings is 1. The van der Waals surface area contributed by atoms with Gasteiger partial charge in [0, 0.05) is 31.7 Å². The summed E-state index contributed by atoms with van der Waals surface area (Å²) in [6.07, 6.45) is 11.1. The Labute approximate surface area is 168 Å². The molecule has 2 N–H and O–H groups in total. The van der Waals surface area contributed by atoms with Crippen molar-refractivity contribution in [1.29, 1.82) is 0 Å². The normalized spacial score (nSPS) is 16.3. The van der Waals surface area contributed by atoms with E-state index in [1.54, 1.807) is 12.5 Å². The van der Waals surface area contributed by atoms with Gasteiger partial charge in [-0.25, -0.2) is 15.0 Å². The number of likely N-dealkylation sites (tertiary alicyclic amines) is 1. The summed E-state index contributed by atoms with van der Waals surface area (Å²) >= 11 is 0. The molecular formula is C21H33N7. The highest BCUT2D eigenvalue weighted by atomic mass is 15.2. The van der Waals surface area contributed by atoms with Crippen molar-refractivity contribution in [1.82, 2.24) is 30.1 Å². The largest absolute Gasteiger partial charge is 0.357 e. The van der Waals surface area contributed by atoms with Gasteiger partial charge in [0.2, 0.25) is 0 Å². The van der Waals surface area contributed by atoms with E-state index in [1.807, 2.05) is 23.0 Å².